The van der Waals surface area contributed by atoms with Crippen molar-refractivity contribution in [1.29, 1.82) is 0 Å². The molecule has 7 heteroatoms. The standard InChI is InChI=1S/C11H18N4O3/c1-11(2,3)18-5-4-12-10-13-6-8(7-14-10)9(16)15-17/h6-7,17H,4-5H2,1-3H3,(H,15,16)(H,12,13,14). The van der Waals surface area contributed by atoms with Crippen LogP contribution in [-0.4, -0.2) is 39.8 Å². The van der Waals surface area contributed by atoms with Gasteiger partial charge in [-0.25, -0.2) is 15.4 Å². The fraction of sp³-hybridized carbons (Fsp3) is 0.545. The number of carbonyl (C=O) groups is 1. The predicted molar refractivity (Wildman–Crippen MR) is 65.5 cm³/mol. The topological polar surface area (TPSA) is 96.4 Å². The first-order valence-corrected chi connectivity index (χ1v) is 5.57. The zero-order chi connectivity index (χ0) is 13.6. The Morgan fingerprint density at radius 3 is 2.50 bits per heavy atom. The molecule has 1 heterocycles. The third-order valence-corrected chi connectivity index (χ3v) is 1.94. The van der Waals surface area contributed by atoms with Gasteiger partial charge in [-0.15, -0.1) is 0 Å². The zero-order valence-electron chi connectivity index (χ0n) is 10.7. The quantitative estimate of drug-likeness (QED) is 0.409. The average Bonchev–Trinajstić information content (AvgIpc) is 2.33. The van der Waals surface area contributed by atoms with Crippen LogP contribution in [0.1, 0.15) is 31.1 Å². The summed E-state index contributed by atoms with van der Waals surface area (Å²) in [5.41, 5.74) is 1.52. The van der Waals surface area contributed by atoms with E-state index >= 15 is 0 Å². The largest absolute Gasteiger partial charge is 0.374 e. The second kappa shape index (κ2) is 6.27. The SMILES string of the molecule is CC(C)(C)OCCNc1ncc(C(=O)NO)cn1. The molecule has 1 rings (SSSR count). The molecule has 3 N–H and O–H groups in total. The van der Waals surface area contributed by atoms with Gasteiger partial charge in [-0.05, 0) is 20.8 Å². The van der Waals surface area contributed by atoms with Gasteiger partial charge in [0.2, 0.25) is 5.95 Å². The summed E-state index contributed by atoms with van der Waals surface area (Å²) in [6.45, 7) is 7.04. The number of hydroxylamine groups is 1. The predicted octanol–water partition coefficient (Wildman–Crippen LogP) is 0.823. The smallest absolute Gasteiger partial charge is 0.277 e. The van der Waals surface area contributed by atoms with Gasteiger partial charge in [0.25, 0.3) is 5.91 Å². The Bertz CT molecular complexity index is 386. The van der Waals surface area contributed by atoms with Gasteiger partial charge in [-0.3, -0.25) is 10.0 Å². The molecule has 0 fully saturated rings. The van der Waals surface area contributed by atoms with Gasteiger partial charge >= 0.3 is 0 Å². The van der Waals surface area contributed by atoms with E-state index < -0.39 is 5.91 Å². The lowest BCUT2D eigenvalue weighted by atomic mass is 10.2. The molecule has 0 aliphatic rings. The molecule has 0 spiro atoms. The molecule has 0 aromatic carbocycles. The van der Waals surface area contributed by atoms with Crippen LogP contribution < -0.4 is 10.8 Å². The van der Waals surface area contributed by atoms with Crippen LogP contribution in [0.2, 0.25) is 0 Å². The number of nitrogens with one attached hydrogen (secondary N) is 2. The normalized spacial score (nSPS) is 11.1. The van der Waals surface area contributed by atoms with Crippen molar-refractivity contribution in [3.8, 4) is 0 Å². The lowest BCUT2D eigenvalue weighted by molar-refractivity contribution is 0.00328. The van der Waals surface area contributed by atoms with Crippen molar-refractivity contribution in [2.45, 2.75) is 26.4 Å². The Kier molecular flexibility index (Phi) is 4.99. The van der Waals surface area contributed by atoms with Crippen molar-refractivity contribution in [3.05, 3.63) is 18.0 Å². The summed E-state index contributed by atoms with van der Waals surface area (Å²) in [6.07, 6.45) is 2.65. The highest BCUT2D eigenvalue weighted by atomic mass is 16.5. The third kappa shape index (κ3) is 5.07. The summed E-state index contributed by atoms with van der Waals surface area (Å²) >= 11 is 0. The average molecular weight is 254 g/mol. The van der Waals surface area contributed by atoms with Crippen molar-refractivity contribution in [1.82, 2.24) is 15.4 Å². The molecule has 0 saturated carbocycles. The van der Waals surface area contributed by atoms with Crippen LogP contribution in [-0.2, 0) is 4.74 Å². The second-order valence-electron chi connectivity index (χ2n) is 4.62. The molecular formula is C11H18N4O3. The zero-order valence-corrected chi connectivity index (χ0v) is 10.7. The second-order valence-corrected chi connectivity index (χ2v) is 4.62. The first kappa shape index (κ1) is 14.3. The van der Waals surface area contributed by atoms with Gasteiger partial charge in [0.05, 0.1) is 17.8 Å². The van der Waals surface area contributed by atoms with Crippen molar-refractivity contribution >= 4 is 11.9 Å². The highest BCUT2D eigenvalue weighted by Crippen LogP contribution is 2.06. The fourth-order valence-electron chi connectivity index (χ4n) is 1.12. The lowest BCUT2D eigenvalue weighted by Crippen LogP contribution is -2.23. The molecule has 1 amide bonds. The first-order chi connectivity index (χ1) is 8.42. The van der Waals surface area contributed by atoms with Crippen molar-refractivity contribution in [2.75, 3.05) is 18.5 Å². The number of hydrogen-bond donors (Lipinski definition) is 3. The minimum absolute atomic E-state index is 0.175. The molecule has 0 aliphatic heterocycles. The van der Waals surface area contributed by atoms with E-state index in [1.165, 1.54) is 17.9 Å². The van der Waals surface area contributed by atoms with Crippen molar-refractivity contribution in [2.24, 2.45) is 0 Å². The van der Waals surface area contributed by atoms with E-state index in [0.29, 0.717) is 19.1 Å². The van der Waals surface area contributed by atoms with Crippen LogP contribution >= 0.6 is 0 Å². The molecule has 1 aromatic rings. The van der Waals surface area contributed by atoms with E-state index in [9.17, 15) is 4.79 Å². The highest BCUT2D eigenvalue weighted by Gasteiger charge is 2.09. The minimum atomic E-state index is -0.641. The highest BCUT2D eigenvalue weighted by molar-refractivity contribution is 5.92. The van der Waals surface area contributed by atoms with Crippen LogP contribution in [0, 0.1) is 0 Å². The van der Waals surface area contributed by atoms with Crippen LogP contribution in [0.3, 0.4) is 0 Å². The van der Waals surface area contributed by atoms with E-state index in [1.54, 1.807) is 0 Å². The van der Waals surface area contributed by atoms with Gasteiger partial charge < -0.3 is 10.1 Å². The minimum Gasteiger partial charge on any atom is -0.374 e. The summed E-state index contributed by atoms with van der Waals surface area (Å²) in [4.78, 5) is 18.9. The van der Waals surface area contributed by atoms with E-state index in [-0.39, 0.29) is 11.2 Å². The number of hydrogen-bond acceptors (Lipinski definition) is 6. The maximum absolute atomic E-state index is 11.0. The van der Waals surface area contributed by atoms with E-state index in [4.69, 9.17) is 9.94 Å². The third-order valence-electron chi connectivity index (χ3n) is 1.94. The number of ether oxygens (including phenoxy) is 1. The number of amides is 1. The summed E-state index contributed by atoms with van der Waals surface area (Å²) in [6, 6.07) is 0. The summed E-state index contributed by atoms with van der Waals surface area (Å²) < 4.78 is 5.52. The molecule has 0 atom stereocenters. The van der Waals surface area contributed by atoms with E-state index in [1.807, 2.05) is 20.8 Å². The molecule has 7 nitrogen and oxygen atoms in total. The Morgan fingerprint density at radius 2 is 2.00 bits per heavy atom. The van der Waals surface area contributed by atoms with Crippen molar-refractivity contribution < 1.29 is 14.7 Å². The van der Waals surface area contributed by atoms with Gasteiger partial charge in [-0.1, -0.05) is 0 Å². The van der Waals surface area contributed by atoms with Gasteiger partial charge in [0.15, 0.2) is 0 Å². The van der Waals surface area contributed by atoms with Crippen LogP contribution in [0.4, 0.5) is 5.95 Å². The number of carbonyl (C=O) groups excluding carboxylic acids is 1. The molecule has 100 valence electrons. The molecule has 0 aliphatic carbocycles. The summed E-state index contributed by atoms with van der Waals surface area (Å²) in [5, 5.41) is 11.4. The molecule has 18 heavy (non-hydrogen) atoms. The van der Waals surface area contributed by atoms with Gasteiger partial charge in [-0.2, -0.15) is 0 Å². The molecular weight excluding hydrogens is 236 g/mol. The maximum Gasteiger partial charge on any atom is 0.277 e. The Morgan fingerprint density at radius 1 is 1.39 bits per heavy atom. The van der Waals surface area contributed by atoms with Crippen LogP contribution in [0.15, 0.2) is 12.4 Å². The van der Waals surface area contributed by atoms with E-state index in [0.717, 1.165) is 0 Å². The fourth-order valence-corrected chi connectivity index (χ4v) is 1.12. The number of anilines is 1. The van der Waals surface area contributed by atoms with Gasteiger partial charge in [0, 0.05) is 18.9 Å². The van der Waals surface area contributed by atoms with Crippen LogP contribution in [0.25, 0.3) is 0 Å². The van der Waals surface area contributed by atoms with E-state index in [2.05, 4.69) is 15.3 Å². The Hall–Kier alpha value is -1.73. The monoisotopic (exact) mass is 254 g/mol. The summed E-state index contributed by atoms with van der Waals surface area (Å²) in [5.74, 6) is -0.236. The molecule has 1 aromatic heterocycles. The number of nitrogens with zero attached hydrogens (tertiary/aromatic N) is 2. The number of aromatic nitrogens is 2. The Balaban J connectivity index is 2.38. The Labute approximate surface area is 106 Å². The number of rotatable bonds is 5. The summed E-state index contributed by atoms with van der Waals surface area (Å²) in [7, 11) is 0. The van der Waals surface area contributed by atoms with Gasteiger partial charge in [0.1, 0.15) is 0 Å². The lowest BCUT2D eigenvalue weighted by Gasteiger charge is -2.19. The first-order valence-electron chi connectivity index (χ1n) is 5.57. The van der Waals surface area contributed by atoms with Crippen LogP contribution in [0.5, 0.6) is 0 Å². The molecule has 0 saturated heterocycles. The maximum atomic E-state index is 11.0. The molecule has 0 unspecified atom stereocenters. The van der Waals surface area contributed by atoms with Crippen molar-refractivity contribution in [3.63, 3.8) is 0 Å². The molecule has 0 radical (unpaired) electrons. The molecule has 0 bridgehead atoms.